The van der Waals surface area contributed by atoms with Crippen molar-refractivity contribution in [2.24, 2.45) is 0 Å². The Balaban J connectivity index is 1.85. The summed E-state index contributed by atoms with van der Waals surface area (Å²) in [5, 5.41) is 6.55. The van der Waals surface area contributed by atoms with Crippen LogP contribution in [0.1, 0.15) is 28.6 Å². The highest BCUT2D eigenvalue weighted by atomic mass is 16.5. The number of amides is 3. The van der Waals surface area contributed by atoms with Crippen LogP contribution in [0.15, 0.2) is 34.9 Å². The van der Waals surface area contributed by atoms with Gasteiger partial charge in [0, 0.05) is 5.56 Å². The van der Waals surface area contributed by atoms with Crippen LogP contribution >= 0.6 is 0 Å². The van der Waals surface area contributed by atoms with Gasteiger partial charge in [0.05, 0.1) is 12.2 Å². The van der Waals surface area contributed by atoms with Gasteiger partial charge in [0.15, 0.2) is 0 Å². The van der Waals surface area contributed by atoms with Gasteiger partial charge in [-0.15, -0.1) is 0 Å². The Morgan fingerprint density at radius 2 is 1.95 bits per heavy atom. The Bertz CT molecular complexity index is 674. The molecule has 6 nitrogen and oxygen atoms in total. The molecule has 1 N–H and O–H groups in total. The first kappa shape index (κ1) is 13.4. The summed E-state index contributed by atoms with van der Waals surface area (Å²) in [5.41, 5.74) is 2.24. The molecule has 1 aromatic heterocycles. The van der Waals surface area contributed by atoms with E-state index < -0.39 is 12.1 Å². The maximum atomic E-state index is 12.5. The van der Waals surface area contributed by atoms with Crippen molar-refractivity contribution in [3.05, 3.63) is 52.9 Å². The van der Waals surface area contributed by atoms with Crippen LogP contribution in [-0.4, -0.2) is 22.0 Å². The number of nitrogens with zero attached hydrogens (tertiary/aromatic N) is 2. The minimum Gasteiger partial charge on any atom is -0.361 e. The zero-order chi connectivity index (χ0) is 15.0. The van der Waals surface area contributed by atoms with Crippen LogP contribution in [-0.2, 0) is 11.3 Å². The predicted molar refractivity (Wildman–Crippen MR) is 74.2 cm³/mol. The molecule has 3 rings (SSSR count). The molecule has 1 unspecified atom stereocenters. The molecule has 1 aliphatic heterocycles. The topological polar surface area (TPSA) is 75.4 Å². The van der Waals surface area contributed by atoms with Crippen molar-refractivity contribution < 1.29 is 14.1 Å². The van der Waals surface area contributed by atoms with E-state index in [4.69, 9.17) is 4.52 Å². The second kappa shape index (κ2) is 5.05. The number of imide groups is 1. The number of aryl methyl sites for hydroxylation is 2. The molecule has 108 valence electrons. The van der Waals surface area contributed by atoms with Gasteiger partial charge in [-0.2, -0.15) is 0 Å². The summed E-state index contributed by atoms with van der Waals surface area (Å²) in [6, 6.07) is 8.17. The molecule has 1 aromatic carbocycles. The van der Waals surface area contributed by atoms with Crippen molar-refractivity contribution >= 4 is 11.9 Å². The summed E-state index contributed by atoms with van der Waals surface area (Å²) in [5.74, 6) is 0.363. The third kappa shape index (κ3) is 2.29. The number of carbonyl (C=O) groups is 2. The number of hydrogen-bond donors (Lipinski definition) is 1. The SMILES string of the molecule is Cc1noc(C)c1CN1C(=O)NC(c2ccccc2)C1=O. The lowest BCUT2D eigenvalue weighted by molar-refractivity contribution is -0.128. The lowest BCUT2D eigenvalue weighted by Gasteiger charge is -2.12. The van der Waals surface area contributed by atoms with Gasteiger partial charge >= 0.3 is 6.03 Å². The average molecular weight is 285 g/mol. The number of hydrogen-bond acceptors (Lipinski definition) is 4. The fourth-order valence-electron chi connectivity index (χ4n) is 2.43. The fraction of sp³-hybridized carbons (Fsp3) is 0.267. The molecule has 1 saturated heterocycles. The first-order valence-corrected chi connectivity index (χ1v) is 6.66. The molecule has 0 spiro atoms. The standard InChI is InChI=1S/C15H15N3O3/c1-9-12(10(2)21-17-9)8-18-14(19)13(16-15(18)20)11-6-4-3-5-7-11/h3-7,13H,8H2,1-2H3,(H,16,20). The zero-order valence-corrected chi connectivity index (χ0v) is 11.8. The van der Waals surface area contributed by atoms with E-state index in [2.05, 4.69) is 10.5 Å². The van der Waals surface area contributed by atoms with Gasteiger partial charge in [0.2, 0.25) is 0 Å². The number of aromatic nitrogens is 1. The van der Waals surface area contributed by atoms with E-state index >= 15 is 0 Å². The van der Waals surface area contributed by atoms with Crippen LogP contribution in [0.3, 0.4) is 0 Å². The van der Waals surface area contributed by atoms with Crippen LogP contribution in [0.2, 0.25) is 0 Å². The molecule has 0 aliphatic carbocycles. The quantitative estimate of drug-likeness (QED) is 0.876. The van der Waals surface area contributed by atoms with Crippen LogP contribution in [0.25, 0.3) is 0 Å². The molecule has 0 bridgehead atoms. The summed E-state index contributed by atoms with van der Waals surface area (Å²) in [6.07, 6.45) is 0. The lowest BCUT2D eigenvalue weighted by Crippen LogP contribution is -2.30. The molecular formula is C15H15N3O3. The maximum Gasteiger partial charge on any atom is 0.325 e. The molecule has 1 fully saturated rings. The number of benzene rings is 1. The third-order valence-electron chi connectivity index (χ3n) is 3.66. The lowest BCUT2D eigenvalue weighted by atomic mass is 10.1. The Hall–Kier alpha value is -2.63. The molecule has 1 atom stereocenters. The molecule has 0 saturated carbocycles. The second-order valence-electron chi connectivity index (χ2n) is 5.02. The van der Waals surface area contributed by atoms with Crippen molar-refractivity contribution in [2.75, 3.05) is 0 Å². The highest BCUT2D eigenvalue weighted by molar-refractivity contribution is 6.04. The van der Waals surface area contributed by atoms with E-state index in [-0.39, 0.29) is 12.5 Å². The Kier molecular flexibility index (Phi) is 3.21. The van der Waals surface area contributed by atoms with Crippen LogP contribution in [0.4, 0.5) is 4.79 Å². The maximum absolute atomic E-state index is 12.5. The highest BCUT2D eigenvalue weighted by Gasteiger charge is 2.39. The molecule has 6 heteroatoms. The van der Waals surface area contributed by atoms with E-state index in [1.165, 1.54) is 4.90 Å². The predicted octanol–water partition coefficient (Wildman–Crippen LogP) is 2.08. The number of rotatable bonds is 3. The third-order valence-corrected chi connectivity index (χ3v) is 3.66. The number of nitrogens with one attached hydrogen (secondary N) is 1. The second-order valence-corrected chi connectivity index (χ2v) is 5.02. The minimum absolute atomic E-state index is 0.176. The largest absolute Gasteiger partial charge is 0.361 e. The van der Waals surface area contributed by atoms with Crippen molar-refractivity contribution in [3.63, 3.8) is 0 Å². The molecular weight excluding hydrogens is 270 g/mol. The van der Waals surface area contributed by atoms with Crippen molar-refractivity contribution in [3.8, 4) is 0 Å². The molecule has 2 aromatic rings. The van der Waals surface area contributed by atoms with Crippen LogP contribution in [0.5, 0.6) is 0 Å². The Labute approximate surface area is 121 Å². The fourth-order valence-corrected chi connectivity index (χ4v) is 2.43. The molecule has 2 heterocycles. The van der Waals surface area contributed by atoms with Gasteiger partial charge in [-0.25, -0.2) is 4.79 Å². The summed E-state index contributed by atoms with van der Waals surface area (Å²) in [6.45, 7) is 3.73. The van der Waals surface area contributed by atoms with Crippen LogP contribution < -0.4 is 5.32 Å². The van der Waals surface area contributed by atoms with Gasteiger partial charge in [-0.3, -0.25) is 9.69 Å². The van der Waals surface area contributed by atoms with Gasteiger partial charge in [-0.1, -0.05) is 35.5 Å². The molecule has 21 heavy (non-hydrogen) atoms. The van der Waals surface area contributed by atoms with Gasteiger partial charge in [-0.05, 0) is 19.4 Å². The van der Waals surface area contributed by atoms with E-state index in [0.29, 0.717) is 11.5 Å². The van der Waals surface area contributed by atoms with E-state index in [9.17, 15) is 9.59 Å². The van der Waals surface area contributed by atoms with Gasteiger partial charge < -0.3 is 9.84 Å². The Morgan fingerprint density at radius 1 is 1.24 bits per heavy atom. The highest BCUT2D eigenvalue weighted by Crippen LogP contribution is 2.24. The Morgan fingerprint density at radius 3 is 2.57 bits per heavy atom. The van der Waals surface area contributed by atoms with Crippen LogP contribution in [0, 0.1) is 13.8 Å². The van der Waals surface area contributed by atoms with E-state index in [1.807, 2.05) is 30.3 Å². The van der Waals surface area contributed by atoms with Gasteiger partial charge in [0.25, 0.3) is 5.91 Å². The van der Waals surface area contributed by atoms with E-state index in [0.717, 1.165) is 11.1 Å². The summed E-state index contributed by atoms with van der Waals surface area (Å²) < 4.78 is 5.07. The molecule has 1 aliphatic rings. The minimum atomic E-state index is -0.626. The first-order chi connectivity index (χ1) is 10.1. The smallest absolute Gasteiger partial charge is 0.325 e. The van der Waals surface area contributed by atoms with Gasteiger partial charge in [0.1, 0.15) is 11.8 Å². The summed E-state index contributed by atoms with van der Waals surface area (Å²) in [4.78, 5) is 25.7. The molecule has 3 amide bonds. The van der Waals surface area contributed by atoms with Crippen molar-refractivity contribution in [1.82, 2.24) is 15.4 Å². The number of carbonyl (C=O) groups excluding carboxylic acids is 2. The monoisotopic (exact) mass is 285 g/mol. The summed E-state index contributed by atoms with van der Waals surface area (Å²) in [7, 11) is 0. The number of urea groups is 1. The summed E-state index contributed by atoms with van der Waals surface area (Å²) >= 11 is 0. The zero-order valence-electron chi connectivity index (χ0n) is 11.8. The molecule has 0 radical (unpaired) electrons. The van der Waals surface area contributed by atoms with Crippen molar-refractivity contribution in [1.29, 1.82) is 0 Å². The van der Waals surface area contributed by atoms with Crippen molar-refractivity contribution in [2.45, 2.75) is 26.4 Å². The normalized spacial score (nSPS) is 18.2. The first-order valence-electron chi connectivity index (χ1n) is 6.66. The average Bonchev–Trinajstić information content (AvgIpc) is 2.95. The van der Waals surface area contributed by atoms with E-state index in [1.54, 1.807) is 13.8 Å².